The van der Waals surface area contributed by atoms with Crippen LogP contribution in [0.3, 0.4) is 0 Å². The monoisotopic (exact) mass is 265 g/mol. The van der Waals surface area contributed by atoms with Crippen LogP contribution in [0.25, 0.3) is 0 Å². The van der Waals surface area contributed by atoms with Crippen molar-refractivity contribution in [1.82, 2.24) is 5.32 Å². The maximum Gasteiger partial charge on any atom is 0.318 e. The number of esters is 1. The molecule has 1 aromatic carbocycles. The van der Waals surface area contributed by atoms with E-state index in [0.29, 0.717) is 13.0 Å². The van der Waals surface area contributed by atoms with Gasteiger partial charge in [0.2, 0.25) is 5.91 Å². The summed E-state index contributed by atoms with van der Waals surface area (Å²) in [5, 5.41) is 2.72. The van der Waals surface area contributed by atoms with Crippen molar-refractivity contribution in [2.45, 2.75) is 19.9 Å². The summed E-state index contributed by atoms with van der Waals surface area (Å²) >= 11 is 0. The Labute approximate surface area is 112 Å². The van der Waals surface area contributed by atoms with Crippen LogP contribution in [0, 0.1) is 5.92 Å². The molecule has 0 aliphatic rings. The molecular weight excluding hydrogens is 246 g/mol. The van der Waals surface area contributed by atoms with Crippen molar-refractivity contribution in [3.8, 4) is 5.75 Å². The van der Waals surface area contributed by atoms with Gasteiger partial charge in [-0.05, 0) is 24.1 Å². The van der Waals surface area contributed by atoms with E-state index in [1.165, 1.54) is 7.11 Å². The van der Waals surface area contributed by atoms with Crippen LogP contribution in [0.4, 0.5) is 0 Å². The lowest BCUT2D eigenvalue weighted by Gasteiger charge is -2.12. The Balaban J connectivity index is 2.54. The summed E-state index contributed by atoms with van der Waals surface area (Å²) in [4.78, 5) is 23.2. The number of amides is 1. The number of carbonyl (C=O) groups excluding carboxylic acids is 2. The van der Waals surface area contributed by atoms with Crippen LogP contribution in [-0.2, 0) is 20.9 Å². The quantitative estimate of drug-likeness (QED) is 0.625. The third-order valence-electron chi connectivity index (χ3n) is 2.84. The maximum absolute atomic E-state index is 11.8. The molecule has 1 aromatic rings. The number of rotatable bonds is 6. The van der Waals surface area contributed by atoms with Gasteiger partial charge in [0.25, 0.3) is 0 Å². The second-order valence-electron chi connectivity index (χ2n) is 4.05. The number of carbonyl (C=O) groups is 2. The molecule has 1 N–H and O–H groups in total. The molecule has 0 fully saturated rings. The molecule has 0 radical (unpaired) electrons. The second kappa shape index (κ2) is 7.41. The van der Waals surface area contributed by atoms with Gasteiger partial charge in [-0.2, -0.15) is 0 Å². The molecule has 1 rings (SSSR count). The highest BCUT2D eigenvalue weighted by atomic mass is 16.5. The van der Waals surface area contributed by atoms with Crippen molar-refractivity contribution in [3.63, 3.8) is 0 Å². The minimum Gasteiger partial charge on any atom is -0.497 e. The Morgan fingerprint density at radius 2 is 1.84 bits per heavy atom. The molecule has 19 heavy (non-hydrogen) atoms. The van der Waals surface area contributed by atoms with E-state index >= 15 is 0 Å². The number of nitrogens with one attached hydrogen (secondary N) is 1. The van der Waals surface area contributed by atoms with E-state index in [1.54, 1.807) is 14.0 Å². The average Bonchev–Trinajstić information content (AvgIpc) is 2.46. The molecule has 104 valence electrons. The topological polar surface area (TPSA) is 64.6 Å². The normalized spacial score (nSPS) is 11.5. The third kappa shape index (κ3) is 4.28. The minimum atomic E-state index is -0.747. The molecule has 1 amide bonds. The summed E-state index contributed by atoms with van der Waals surface area (Å²) in [7, 11) is 2.88. The molecule has 0 heterocycles. The first-order valence-electron chi connectivity index (χ1n) is 6.10. The van der Waals surface area contributed by atoms with Crippen LogP contribution in [-0.4, -0.2) is 26.1 Å². The molecule has 0 spiro atoms. The molecule has 0 saturated heterocycles. The smallest absolute Gasteiger partial charge is 0.318 e. The first-order valence-corrected chi connectivity index (χ1v) is 6.10. The van der Waals surface area contributed by atoms with Crippen molar-refractivity contribution in [2.24, 2.45) is 5.92 Å². The number of ether oxygens (including phenoxy) is 2. The minimum absolute atomic E-state index is 0.315. The van der Waals surface area contributed by atoms with Gasteiger partial charge in [0.15, 0.2) is 0 Å². The average molecular weight is 265 g/mol. The van der Waals surface area contributed by atoms with Crippen molar-refractivity contribution in [1.29, 1.82) is 0 Å². The van der Waals surface area contributed by atoms with Crippen molar-refractivity contribution >= 4 is 11.9 Å². The molecule has 0 aliphatic heterocycles. The fourth-order valence-corrected chi connectivity index (χ4v) is 1.66. The Bertz CT molecular complexity index is 428. The highest BCUT2D eigenvalue weighted by molar-refractivity contribution is 5.97. The summed E-state index contributed by atoms with van der Waals surface area (Å²) in [5.41, 5.74) is 0.939. The summed E-state index contributed by atoms with van der Waals surface area (Å²) in [6.45, 7) is 2.14. The number of benzene rings is 1. The van der Waals surface area contributed by atoms with Gasteiger partial charge >= 0.3 is 5.97 Å². The standard InChI is InChI=1S/C14H19NO4/c1-4-12(14(17)19-3)13(16)15-9-10-5-7-11(18-2)8-6-10/h5-8,12H,4,9H2,1-3H3,(H,15,16). The van der Waals surface area contributed by atoms with Crippen LogP contribution in [0.2, 0.25) is 0 Å². The van der Waals surface area contributed by atoms with Crippen LogP contribution < -0.4 is 10.1 Å². The SMILES string of the molecule is CCC(C(=O)NCc1ccc(OC)cc1)C(=O)OC. The van der Waals surface area contributed by atoms with Crippen molar-refractivity contribution < 1.29 is 19.1 Å². The molecule has 0 saturated carbocycles. The van der Waals surface area contributed by atoms with E-state index < -0.39 is 11.9 Å². The number of hydrogen-bond donors (Lipinski definition) is 1. The van der Waals surface area contributed by atoms with E-state index in [0.717, 1.165) is 11.3 Å². The predicted molar refractivity (Wildman–Crippen MR) is 70.6 cm³/mol. The fourth-order valence-electron chi connectivity index (χ4n) is 1.66. The van der Waals surface area contributed by atoms with Crippen molar-refractivity contribution in [3.05, 3.63) is 29.8 Å². The molecule has 0 aliphatic carbocycles. The number of hydrogen-bond acceptors (Lipinski definition) is 4. The van der Waals surface area contributed by atoms with E-state index in [4.69, 9.17) is 4.74 Å². The van der Waals surface area contributed by atoms with Gasteiger partial charge in [0, 0.05) is 6.54 Å². The lowest BCUT2D eigenvalue weighted by atomic mass is 10.1. The zero-order valence-electron chi connectivity index (χ0n) is 11.4. The Morgan fingerprint density at radius 1 is 1.21 bits per heavy atom. The maximum atomic E-state index is 11.8. The molecule has 0 bridgehead atoms. The Hall–Kier alpha value is -2.04. The predicted octanol–water partition coefficient (Wildman–Crippen LogP) is 1.51. The third-order valence-corrected chi connectivity index (χ3v) is 2.84. The highest BCUT2D eigenvalue weighted by Gasteiger charge is 2.25. The molecule has 1 atom stereocenters. The van der Waals surface area contributed by atoms with Crippen molar-refractivity contribution in [2.75, 3.05) is 14.2 Å². The molecular formula is C14H19NO4. The lowest BCUT2D eigenvalue weighted by Crippen LogP contribution is -2.35. The number of methoxy groups -OCH3 is 2. The van der Waals surface area contributed by atoms with Gasteiger partial charge < -0.3 is 14.8 Å². The Morgan fingerprint density at radius 3 is 2.32 bits per heavy atom. The van der Waals surface area contributed by atoms with Crippen LogP contribution in [0.1, 0.15) is 18.9 Å². The van der Waals surface area contributed by atoms with E-state index in [-0.39, 0.29) is 5.91 Å². The van der Waals surface area contributed by atoms with Gasteiger partial charge in [-0.3, -0.25) is 9.59 Å². The Kier molecular flexibility index (Phi) is 5.85. The highest BCUT2D eigenvalue weighted by Crippen LogP contribution is 2.11. The zero-order valence-corrected chi connectivity index (χ0v) is 11.4. The van der Waals surface area contributed by atoms with Gasteiger partial charge in [-0.15, -0.1) is 0 Å². The summed E-state index contributed by atoms with van der Waals surface area (Å²) in [5.74, 6) is -0.806. The van der Waals surface area contributed by atoms with Gasteiger partial charge in [-0.1, -0.05) is 19.1 Å². The zero-order chi connectivity index (χ0) is 14.3. The van der Waals surface area contributed by atoms with Crippen LogP contribution in [0.15, 0.2) is 24.3 Å². The first kappa shape index (κ1) is 15.0. The van der Waals surface area contributed by atoms with Gasteiger partial charge in [0.05, 0.1) is 14.2 Å². The summed E-state index contributed by atoms with van der Waals surface area (Å²) in [6.07, 6.45) is 0.418. The van der Waals surface area contributed by atoms with E-state index in [9.17, 15) is 9.59 Å². The van der Waals surface area contributed by atoms with E-state index in [1.807, 2.05) is 24.3 Å². The summed E-state index contributed by atoms with van der Waals surface area (Å²) < 4.78 is 9.64. The van der Waals surface area contributed by atoms with E-state index in [2.05, 4.69) is 10.1 Å². The second-order valence-corrected chi connectivity index (χ2v) is 4.05. The molecule has 0 aromatic heterocycles. The van der Waals surface area contributed by atoms with Crippen LogP contribution >= 0.6 is 0 Å². The fraction of sp³-hybridized carbons (Fsp3) is 0.429. The molecule has 1 unspecified atom stereocenters. The molecule has 5 heteroatoms. The van der Waals surface area contributed by atoms with Crippen LogP contribution in [0.5, 0.6) is 5.75 Å². The molecule has 5 nitrogen and oxygen atoms in total. The van der Waals surface area contributed by atoms with Gasteiger partial charge in [0.1, 0.15) is 11.7 Å². The van der Waals surface area contributed by atoms with Gasteiger partial charge in [-0.25, -0.2) is 0 Å². The first-order chi connectivity index (χ1) is 9.12. The summed E-state index contributed by atoms with van der Waals surface area (Å²) in [6, 6.07) is 7.36. The largest absolute Gasteiger partial charge is 0.497 e. The lowest BCUT2D eigenvalue weighted by molar-refractivity contribution is -0.150.